The number of carbonyl (C=O) groups is 1. The van der Waals surface area contributed by atoms with Crippen molar-refractivity contribution in [2.45, 2.75) is 25.7 Å². The minimum Gasteiger partial charge on any atom is -0.545 e. The van der Waals surface area contributed by atoms with Crippen LogP contribution in [-0.2, 0) is 0 Å². The van der Waals surface area contributed by atoms with Crippen LogP contribution in [0.3, 0.4) is 0 Å². The van der Waals surface area contributed by atoms with E-state index >= 15 is 0 Å². The largest absolute Gasteiger partial charge is 0.545 e. The highest BCUT2D eigenvalue weighted by Crippen LogP contribution is 2.15. The summed E-state index contributed by atoms with van der Waals surface area (Å²) in [5.74, 6) is -1.16. The topological polar surface area (TPSA) is 64.5 Å². The molecule has 0 aromatic heterocycles. The molecule has 1 saturated carbocycles. The molecule has 0 aliphatic heterocycles. The highest BCUT2D eigenvalue weighted by molar-refractivity contribution is 5.87. The molecule has 0 radical (unpaired) electrons. The molecular weight excluding hydrogens is 204 g/mol. The number of anilines is 1. The Bertz CT molecular complexity index is 402. The summed E-state index contributed by atoms with van der Waals surface area (Å²) in [7, 11) is 0. The van der Waals surface area contributed by atoms with Gasteiger partial charge in [-0.15, -0.1) is 0 Å². The summed E-state index contributed by atoms with van der Waals surface area (Å²) in [6.07, 6.45) is 4.54. The summed E-state index contributed by atoms with van der Waals surface area (Å²) in [5.41, 5.74) is 5.09. The lowest BCUT2D eigenvalue weighted by molar-refractivity contribution is -0.255. The zero-order valence-corrected chi connectivity index (χ0v) is 8.90. The molecule has 0 amide bonds. The van der Waals surface area contributed by atoms with Crippen molar-refractivity contribution in [3.05, 3.63) is 29.8 Å². The number of carboxylic acid groups (broad SMARTS) is 1. The fourth-order valence-electron chi connectivity index (χ4n) is 1.72. The third-order valence-corrected chi connectivity index (χ3v) is 2.64. The third kappa shape index (κ3) is 2.59. The van der Waals surface area contributed by atoms with Crippen LogP contribution in [0.4, 0.5) is 5.69 Å². The number of hydrogen-bond acceptors (Lipinski definition) is 4. The van der Waals surface area contributed by atoms with E-state index in [2.05, 4.69) is 10.5 Å². The van der Waals surface area contributed by atoms with Crippen molar-refractivity contribution >= 4 is 17.4 Å². The van der Waals surface area contributed by atoms with Crippen LogP contribution in [0.1, 0.15) is 36.0 Å². The molecule has 84 valence electrons. The van der Waals surface area contributed by atoms with Crippen molar-refractivity contribution in [3.63, 3.8) is 0 Å². The van der Waals surface area contributed by atoms with Gasteiger partial charge in [-0.1, -0.05) is 12.1 Å². The van der Waals surface area contributed by atoms with Crippen molar-refractivity contribution in [2.75, 3.05) is 5.43 Å². The molecule has 4 heteroatoms. The van der Waals surface area contributed by atoms with E-state index in [4.69, 9.17) is 0 Å². The maximum absolute atomic E-state index is 10.5. The summed E-state index contributed by atoms with van der Waals surface area (Å²) < 4.78 is 0. The van der Waals surface area contributed by atoms with Crippen LogP contribution in [0.25, 0.3) is 0 Å². The number of nitrogens with zero attached hydrogens (tertiary/aromatic N) is 1. The Balaban J connectivity index is 1.99. The molecule has 2 rings (SSSR count). The Morgan fingerprint density at radius 1 is 1.19 bits per heavy atom. The fraction of sp³-hybridized carbons (Fsp3) is 0.333. The second-order valence-corrected chi connectivity index (χ2v) is 3.86. The van der Waals surface area contributed by atoms with Crippen molar-refractivity contribution in [2.24, 2.45) is 5.10 Å². The van der Waals surface area contributed by atoms with E-state index in [-0.39, 0.29) is 5.56 Å². The van der Waals surface area contributed by atoms with E-state index in [1.807, 2.05) is 0 Å². The number of hydrogen-bond donors (Lipinski definition) is 1. The smallest absolute Gasteiger partial charge is 0.0715 e. The van der Waals surface area contributed by atoms with Gasteiger partial charge in [0.15, 0.2) is 0 Å². The van der Waals surface area contributed by atoms with Gasteiger partial charge < -0.3 is 9.90 Å². The van der Waals surface area contributed by atoms with Crippen molar-refractivity contribution in [3.8, 4) is 0 Å². The number of aromatic carboxylic acids is 1. The van der Waals surface area contributed by atoms with Crippen LogP contribution in [0.5, 0.6) is 0 Å². The maximum Gasteiger partial charge on any atom is 0.0715 e. The first-order valence-electron chi connectivity index (χ1n) is 5.38. The van der Waals surface area contributed by atoms with Gasteiger partial charge in [-0.2, -0.15) is 5.10 Å². The van der Waals surface area contributed by atoms with Crippen LogP contribution in [-0.4, -0.2) is 11.7 Å². The van der Waals surface area contributed by atoms with Crippen LogP contribution in [0.15, 0.2) is 29.4 Å². The minimum atomic E-state index is -1.16. The van der Waals surface area contributed by atoms with Gasteiger partial charge >= 0.3 is 0 Å². The lowest BCUT2D eigenvalue weighted by atomic mass is 10.2. The average molecular weight is 217 g/mol. The van der Waals surface area contributed by atoms with E-state index in [0.717, 1.165) is 18.5 Å². The first kappa shape index (κ1) is 10.7. The number of carbonyl (C=O) groups excluding carboxylic acids is 1. The average Bonchev–Trinajstić information content (AvgIpc) is 2.80. The zero-order chi connectivity index (χ0) is 11.4. The molecule has 16 heavy (non-hydrogen) atoms. The van der Waals surface area contributed by atoms with Crippen molar-refractivity contribution < 1.29 is 9.90 Å². The van der Waals surface area contributed by atoms with Gasteiger partial charge in [-0.05, 0) is 43.4 Å². The van der Waals surface area contributed by atoms with Gasteiger partial charge in [0, 0.05) is 5.71 Å². The zero-order valence-electron chi connectivity index (χ0n) is 8.90. The molecule has 0 bridgehead atoms. The van der Waals surface area contributed by atoms with Crippen LogP contribution >= 0.6 is 0 Å². The Labute approximate surface area is 94.0 Å². The van der Waals surface area contributed by atoms with Crippen LogP contribution < -0.4 is 10.5 Å². The van der Waals surface area contributed by atoms with Crippen LogP contribution in [0.2, 0.25) is 0 Å². The summed E-state index contributed by atoms with van der Waals surface area (Å²) in [6.45, 7) is 0. The van der Waals surface area contributed by atoms with Gasteiger partial charge in [0.2, 0.25) is 0 Å². The van der Waals surface area contributed by atoms with Crippen molar-refractivity contribution in [1.29, 1.82) is 0 Å². The van der Waals surface area contributed by atoms with E-state index in [1.54, 1.807) is 12.1 Å². The lowest BCUT2D eigenvalue weighted by Gasteiger charge is -2.04. The van der Waals surface area contributed by atoms with Gasteiger partial charge in [-0.25, -0.2) is 0 Å². The minimum absolute atomic E-state index is 0.180. The molecule has 0 unspecified atom stereocenters. The second kappa shape index (κ2) is 4.79. The molecular formula is C12H13N2O2-. The van der Waals surface area contributed by atoms with Crippen LogP contribution in [0, 0.1) is 0 Å². The Morgan fingerprint density at radius 3 is 2.38 bits per heavy atom. The van der Waals surface area contributed by atoms with Gasteiger partial charge in [0.25, 0.3) is 0 Å². The molecule has 1 aromatic rings. The summed E-state index contributed by atoms with van der Waals surface area (Å²) in [6, 6.07) is 6.38. The standard InChI is InChI=1S/C12H14N2O2/c15-12(16)9-5-7-11(8-6-9)14-13-10-3-1-2-4-10/h5-8,14H,1-4H2,(H,15,16)/p-1. The molecule has 1 fully saturated rings. The molecule has 0 atom stereocenters. The fourth-order valence-corrected chi connectivity index (χ4v) is 1.72. The first-order valence-corrected chi connectivity index (χ1v) is 5.38. The molecule has 1 N–H and O–H groups in total. The summed E-state index contributed by atoms with van der Waals surface area (Å²) in [4.78, 5) is 10.5. The number of rotatable bonds is 3. The number of nitrogens with one attached hydrogen (secondary N) is 1. The Kier molecular flexibility index (Phi) is 3.19. The summed E-state index contributed by atoms with van der Waals surface area (Å²) >= 11 is 0. The predicted molar refractivity (Wildman–Crippen MR) is 60.3 cm³/mol. The van der Waals surface area contributed by atoms with Gasteiger partial charge in [-0.3, -0.25) is 5.43 Å². The van der Waals surface area contributed by atoms with E-state index < -0.39 is 5.97 Å². The third-order valence-electron chi connectivity index (χ3n) is 2.64. The normalized spacial score (nSPS) is 14.9. The van der Waals surface area contributed by atoms with Crippen molar-refractivity contribution in [1.82, 2.24) is 0 Å². The predicted octanol–water partition coefficient (Wildman–Crippen LogP) is 1.39. The Hall–Kier alpha value is -1.84. The van der Waals surface area contributed by atoms with E-state index in [9.17, 15) is 9.90 Å². The highest BCUT2D eigenvalue weighted by Gasteiger charge is 2.07. The Morgan fingerprint density at radius 2 is 1.81 bits per heavy atom. The molecule has 1 aliphatic rings. The number of benzene rings is 1. The first-order chi connectivity index (χ1) is 7.75. The summed E-state index contributed by atoms with van der Waals surface area (Å²) in [5, 5.41) is 14.8. The van der Waals surface area contributed by atoms with Gasteiger partial charge in [0.05, 0.1) is 11.7 Å². The van der Waals surface area contributed by atoms with Gasteiger partial charge in [0.1, 0.15) is 0 Å². The SMILES string of the molecule is O=C([O-])c1ccc(NN=C2CCCC2)cc1. The number of hydrazone groups is 1. The highest BCUT2D eigenvalue weighted by atomic mass is 16.4. The van der Waals surface area contributed by atoms with E-state index in [0.29, 0.717) is 0 Å². The number of carboxylic acids is 1. The molecule has 1 aromatic carbocycles. The van der Waals surface area contributed by atoms with E-state index in [1.165, 1.54) is 30.7 Å². The molecule has 0 saturated heterocycles. The second-order valence-electron chi connectivity index (χ2n) is 3.86. The lowest BCUT2D eigenvalue weighted by Crippen LogP contribution is -2.21. The molecule has 0 spiro atoms. The quantitative estimate of drug-likeness (QED) is 0.778. The molecule has 1 aliphatic carbocycles. The maximum atomic E-state index is 10.5. The molecule has 4 nitrogen and oxygen atoms in total. The molecule has 0 heterocycles. The monoisotopic (exact) mass is 217 g/mol.